The fourth-order valence-electron chi connectivity index (χ4n) is 7.59. The molecule has 0 saturated heterocycles. The van der Waals surface area contributed by atoms with E-state index in [0.717, 1.165) is 49.7 Å². The molecule has 4 aliphatic rings. The number of aliphatic hydroxyl groups is 3. The molecule has 5 nitrogen and oxygen atoms in total. The minimum atomic E-state index is -0.783. The van der Waals surface area contributed by atoms with E-state index in [1.54, 1.807) is 0 Å². The molecule has 0 bridgehead atoms. The zero-order valence-corrected chi connectivity index (χ0v) is 24.0. The Kier molecular flexibility index (Phi) is 9.11. The molecule has 38 heavy (non-hydrogen) atoms. The van der Waals surface area contributed by atoms with Gasteiger partial charge in [0, 0.05) is 5.92 Å². The molecule has 0 aromatic rings. The Morgan fingerprint density at radius 1 is 1.18 bits per heavy atom. The van der Waals surface area contributed by atoms with Crippen molar-refractivity contribution in [2.45, 2.75) is 110 Å². The third-order valence-corrected chi connectivity index (χ3v) is 10.6. The van der Waals surface area contributed by atoms with Crippen LogP contribution in [0.15, 0.2) is 47.6 Å². The van der Waals surface area contributed by atoms with Crippen LogP contribution in [0.4, 0.5) is 0 Å². The maximum Gasteiger partial charge on any atom is 0.315 e. The molecule has 3 N–H and O–H groups in total. The third kappa shape index (κ3) is 5.62. The van der Waals surface area contributed by atoms with Gasteiger partial charge in [-0.15, -0.1) is 0 Å². The molecule has 5 heteroatoms. The van der Waals surface area contributed by atoms with Gasteiger partial charge in [0.15, 0.2) is 0 Å². The summed E-state index contributed by atoms with van der Waals surface area (Å²) in [5, 5.41) is 31.8. The van der Waals surface area contributed by atoms with E-state index in [-0.39, 0.29) is 17.3 Å². The molecule has 0 aromatic heterocycles. The summed E-state index contributed by atoms with van der Waals surface area (Å²) in [6, 6.07) is 0. The predicted molar refractivity (Wildman–Crippen MR) is 151 cm³/mol. The van der Waals surface area contributed by atoms with Crippen LogP contribution >= 0.6 is 0 Å². The summed E-state index contributed by atoms with van der Waals surface area (Å²) in [6.07, 6.45) is 15.9. The Morgan fingerprint density at radius 3 is 2.61 bits per heavy atom. The topological polar surface area (TPSA) is 87.0 Å². The van der Waals surface area contributed by atoms with Gasteiger partial charge < -0.3 is 20.1 Å². The van der Waals surface area contributed by atoms with Crippen LogP contribution in [0.2, 0.25) is 0 Å². The van der Waals surface area contributed by atoms with Crippen molar-refractivity contribution >= 4 is 5.97 Å². The van der Waals surface area contributed by atoms with Crippen LogP contribution in [0.1, 0.15) is 91.9 Å². The van der Waals surface area contributed by atoms with Crippen molar-refractivity contribution in [3.63, 3.8) is 0 Å². The molecule has 8 atom stereocenters. The van der Waals surface area contributed by atoms with E-state index in [1.165, 1.54) is 12.0 Å². The zero-order chi connectivity index (χ0) is 27.7. The van der Waals surface area contributed by atoms with Crippen molar-refractivity contribution in [3.05, 3.63) is 47.6 Å². The first kappa shape index (κ1) is 29.3. The van der Waals surface area contributed by atoms with Crippen molar-refractivity contribution < 1.29 is 24.9 Å². The van der Waals surface area contributed by atoms with Crippen LogP contribution in [0.25, 0.3) is 0 Å². The molecule has 0 radical (unpaired) electrons. The van der Waals surface area contributed by atoms with Gasteiger partial charge in [-0.3, -0.25) is 4.79 Å². The molecule has 212 valence electrons. The number of ether oxygens (including phenoxy) is 1. The Bertz CT molecular complexity index is 972. The third-order valence-electron chi connectivity index (χ3n) is 10.6. The molecule has 0 aromatic carbocycles. The highest BCUT2D eigenvalue weighted by atomic mass is 16.5. The summed E-state index contributed by atoms with van der Waals surface area (Å²) < 4.78 is 5.45. The summed E-state index contributed by atoms with van der Waals surface area (Å²) in [5.41, 5.74) is 2.65. The lowest BCUT2D eigenvalue weighted by Crippen LogP contribution is -2.36. The maximum absolute atomic E-state index is 12.6. The second-order valence-electron chi connectivity index (χ2n) is 13.0. The lowest BCUT2D eigenvalue weighted by atomic mass is 9.61. The number of carbonyl (C=O) groups excluding carboxylic acids is 1. The molecule has 4 fully saturated rings. The van der Waals surface area contributed by atoms with Crippen molar-refractivity contribution in [3.8, 4) is 0 Å². The normalized spacial score (nSPS) is 38.4. The highest BCUT2D eigenvalue weighted by molar-refractivity contribution is 5.81. The molecule has 0 aliphatic heterocycles. The molecular weight excluding hydrogens is 476 g/mol. The van der Waals surface area contributed by atoms with E-state index in [9.17, 15) is 20.1 Å². The number of unbranched alkanes of at least 4 members (excludes halogenated alkanes) is 1. The van der Waals surface area contributed by atoms with E-state index in [1.807, 2.05) is 13.0 Å². The van der Waals surface area contributed by atoms with Crippen LogP contribution in [0.5, 0.6) is 0 Å². The second kappa shape index (κ2) is 11.8. The van der Waals surface area contributed by atoms with Gasteiger partial charge in [-0.25, -0.2) is 0 Å². The van der Waals surface area contributed by atoms with Gasteiger partial charge in [0.1, 0.15) is 0 Å². The Balaban J connectivity index is 1.42. The SMILES string of the molecule is C=C1C(=CC=C2CCC[C@]3(C)[C@@H]([C@H](C)C=C[C@@H](O)C4(C(=O)OCCCC)CC4)CC[C@@H]23)C[C@@H](O)[C@H](C)[C@@H]1O. The first-order valence-corrected chi connectivity index (χ1v) is 15.0. The average Bonchev–Trinajstić information content (AvgIpc) is 3.63. The largest absolute Gasteiger partial charge is 0.465 e. The van der Waals surface area contributed by atoms with Crippen LogP contribution in [0.3, 0.4) is 0 Å². The van der Waals surface area contributed by atoms with Gasteiger partial charge in [-0.2, -0.15) is 0 Å². The summed E-state index contributed by atoms with van der Waals surface area (Å²) in [6.45, 7) is 13.2. The van der Waals surface area contributed by atoms with Crippen molar-refractivity contribution in [1.82, 2.24) is 0 Å². The number of esters is 1. The second-order valence-corrected chi connectivity index (χ2v) is 13.0. The van der Waals surface area contributed by atoms with E-state index in [2.05, 4.69) is 45.6 Å². The van der Waals surface area contributed by atoms with Crippen molar-refractivity contribution in [2.75, 3.05) is 6.61 Å². The number of allylic oxidation sites excluding steroid dienone is 4. The van der Waals surface area contributed by atoms with E-state index >= 15 is 0 Å². The fraction of sp³-hybridized carbons (Fsp3) is 0.727. The Hall–Kier alpha value is -1.69. The summed E-state index contributed by atoms with van der Waals surface area (Å²) >= 11 is 0. The van der Waals surface area contributed by atoms with Gasteiger partial charge in [0.2, 0.25) is 0 Å². The number of carbonyl (C=O) groups is 1. The number of fused-ring (bicyclic) bond motifs is 1. The summed E-state index contributed by atoms with van der Waals surface area (Å²) in [7, 11) is 0. The van der Waals surface area contributed by atoms with Crippen LogP contribution < -0.4 is 0 Å². The van der Waals surface area contributed by atoms with Gasteiger partial charge in [0.05, 0.1) is 30.3 Å². The minimum absolute atomic E-state index is 0.185. The van der Waals surface area contributed by atoms with E-state index < -0.39 is 23.7 Å². The highest BCUT2D eigenvalue weighted by Crippen LogP contribution is 2.59. The van der Waals surface area contributed by atoms with Crippen LogP contribution in [-0.4, -0.2) is 46.2 Å². The molecule has 0 unspecified atom stereocenters. The number of hydrogen-bond donors (Lipinski definition) is 3. The Labute approximate surface area is 229 Å². The number of rotatable bonds is 9. The molecule has 4 saturated carbocycles. The van der Waals surface area contributed by atoms with Crippen LogP contribution in [0, 0.1) is 34.5 Å². The van der Waals surface area contributed by atoms with E-state index in [0.29, 0.717) is 43.6 Å². The maximum atomic E-state index is 12.6. The quantitative estimate of drug-likeness (QED) is 0.193. The smallest absolute Gasteiger partial charge is 0.315 e. The number of aliphatic hydroxyl groups excluding tert-OH is 3. The minimum Gasteiger partial charge on any atom is -0.465 e. The van der Waals surface area contributed by atoms with Crippen molar-refractivity contribution in [2.24, 2.45) is 34.5 Å². The monoisotopic (exact) mass is 526 g/mol. The molecular formula is C33H50O5. The number of hydrogen-bond acceptors (Lipinski definition) is 5. The summed E-state index contributed by atoms with van der Waals surface area (Å²) in [4.78, 5) is 12.6. The van der Waals surface area contributed by atoms with Crippen LogP contribution in [-0.2, 0) is 9.53 Å². The Morgan fingerprint density at radius 2 is 1.92 bits per heavy atom. The average molecular weight is 527 g/mol. The first-order chi connectivity index (χ1) is 18.0. The molecule has 4 rings (SSSR count). The summed E-state index contributed by atoms with van der Waals surface area (Å²) in [5.74, 6) is 0.931. The molecule has 0 heterocycles. The molecule has 0 spiro atoms. The standard InChI is InChI=1S/C33H50O5/c1-6-7-19-38-31(37)33(17-18-33)29(35)15-10-21(2)26-13-14-27-24(9-8-16-32(26,27)5)11-12-25-20-28(34)23(4)30(36)22(25)3/h10-12,15,21,23,26-30,34-36H,3,6-9,13-14,16-20H2,1-2,4-5H3/t21-,23+,26-,27+,28-,29-,30-,32-/m1/s1. The first-order valence-electron chi connectivity index (χ1n) is 15.0. The fourth-order valence-corrected chi connectivity index (χ4v) is 7.59. The highest BCUT2D eigenvalue weighted by Gasteiger charge is 2.56. The van der Waals surface area contributed by atoms with Crippen molar-refractivity contribution in [1.29, 1.82) is 0 Å². The van der Waals surface area contributed by atoms with Gasteiger partial charge >= 0.3 is 5.97 Å². The lowest BCUT2D eigenvalue weighted by Gasteiger charge is -2.44. The van der Waals surface area contributed by atoms with Gasteiger partial charge in [-0.1, -0.05) is 70.6 Å². The zero-order valence-electron chi connectivity index (χ0n) is 24.0. The van der Waals surface area contributed by atoms with Gasteiger partial charge in [0.25, 0.3) is 0 Å². The predicted octanol–water partition coefficient (Wildman–Crippen LogP) is 6.05. The van der Waals surface area contributed by atoms with E-state index in [4.69, 9.17) is 4.74 Å². The van der Waals surface area contributed by atoms with Gasteiger partial charge in [-0.05, 0) is 92.1 Å². The lowest BCUT2D eigenvalue weighted by molar-refractivity contribution is -0.153. The molecule has 4 aliphatic carbocycles. The molecule has 0 amide bonds.